The van der Waals surface area contributed by atoms with Crippen LogP contribution in [0.15, 0.2) is 31.6 Å². The minimum atomic E-state index is 0.378. The monoisotopic (exact) mass is 388 g/mol. The summed E-state index contributed by atoms with van der Waals surface area (Å²) in [6, 6.07) is 6.56. The highest BCUT2D eigenvalue weighted by Crippen LogP contribution is 2.28. The lowest BCUT2D eigenvalue weighted by molar-refractivity contribution is 0.460. The van der Waals surface area contributed by atoms with Gasteiger partial charge in [0, 0.05) is 15.0 Å². The van der Waals surface area contributed by atoms with Gasteiger partial charge in [-0.2, -0.15) is 0 Å². The van der Waals surface area contributed by atoms with Crippen molar-refractivity contribution in [3.63, 3.8) is 0 Å². The topological polar surface area (TPSA) is 63.0 Å². The zero-order valence-corrected chi connectivity index (χ0v) is 13.7. The number of aromatic nitrogens is 2. The van der Waals surface area contributed by atoms with E-state index in [4.69, 9.17) is 4.42 Å². The molecule has 0 aliphatic carbocycles. The maximum Gasteiger partial charge on any atom is 0.320 e. The summed E-state index contributed by atoms with van der Waals surface area (Å²) in [5.74, 6) is 0.560. The lowest BCUT2D eigenvalue weighted by atomic mass is 10.3. The SMILES string of the molecule is CC(C)NCc1nnc(Nc2ccc(Br)cc2Br)o1. The van der Waals surface area contributed by atoms with E-state index < -0.39 is 0 Å². The van der Waals surface area contributed by atoms with E-state index in [9.17, 15) is 0 Å². The molecule has 0 fully saturated rings. The van der Waals surface area contributed by atoms with Crippen LogP contribution >= 0.6 is 31.9 Å². The van der Waals surface area contributed by atoms with E-state index in [0.717, 1.165) is 14.6 Å². The molecule has 0 radical (unpaired) electrons. The first-order valence-electron chi connectivity index (χ1n) is 5.82. The number of nitrogens with one attached hydrogen (secondary N) is 2. The largest absolute Gasteiger partial charge is 0.406 e. The zero-order valence-electron chi connectivity index (χ0n) is 10.6. The van der Waals surface area contributed by atoms with Crippen molar-refractivity contribution in [2.24, 2.45) is 0 Å². The first kappa shape index (κ1) is 14.5. The molecule has 1 aromatic carbocycles. The fourth-order valence-electron chi connectivity index (χ4n) is 1.37. The molecule has 19 heavy (non-hydrogen) atoms. The predicted molar refractivity (Wildman–Crippen MR) is 81.4 cm³/mol. The highest BCUT2D eigenvalue weighted by atomic mass is 79.9. The highest BCUT2D eigenvalue weighted by Gasteiger charge is 2.08. The molecule has 2 rings (SSSR count). The van der Waals surface area contributed by atoms with Gasteiger partial charge in [0.05, 0.1) is 12.2 Å². The van der Waals surface area contributed by atoms with Gasteiger partial charge < -0.3 is 15.1 Å². The summed E-state index contributed by atoms with van der Waals surface area (Å²) < 4.78 is 7.41. The minimum absolute atomic E-state index is 0.378. The van der Waals surface area contributed by atoms with Gasteiger partial charge in [0.1, 0.15) is 0 Å². The van der Waals surface area contributed by atoms with Crippen molar-refractivity contribution in [3.8, 4) is 0 Å². The lowest BCUT2D eigenvalue weighted by Gasteiger charge is -2.05. The second kappa shape index (κ2) is 6.49. The second-order valence-corrected chi connectivity index (χ2v) is 6.06. The molecule has 1 aromatic heterocycles. The summed E-state index contributed by atoms with van der Waals surface area (Å²) in [4.78, 5) is 0. The Bertz CT molecular complexity index is 556. The molecule has 7 heteroatoms. The average molecular weight is 390 g/mol. The molecule has 1 heterocycles. The third-order valence-electron chi connectivity index (χ3n) is 2.30. The van der Waals surface area contributed by atoms with Gasteiger partial charge >= 0.3 is 6.01 Å². The summed E-state index contributed by atoms with van der Waals surface area (Å²) in [5, 5.41) is 14.2. The fraction of sp³-hybridized carbons (Fsp3) is 0.333. The standard InChI is InChI=1S/C12H14Br2N4O/c1-7(2)15-6-11-17-18-12(19-11)16-10-4-3-8(13)5-9(10)14/h3-5,7,15H,6H2,1-2H3,(H,16,18). The highest BCUT2D eigenvalue weighted by molar-refractivity contribution is 9.11. The van der Waals surface area contributed by atoms with Crippen LogP contribution in [0.5, 0.6) is 0 Å². The number of anilines is 2. The van der Waals surface area contributed by atoms with Crippen molar-refractivity contribution in [3.05, 3.63) is 33.0 Å². The first-order valence-corrected chi connectivity index (χ1v) is 7.41. The van der Waals surface area contributed by atoms with Crippen LogP contribution in [0.25, 0.3) is 0 Å². The lowest BCUT2D eigenvalue weighted by Crippen LogP contribution is -2.21. The molecule has 2 N–H and O–H groups in total. The van der Waals surface area contributed by atoms with E-state index in [2.05, 4.69) is 66.5 Å². The molecule has 2 aromatic rings. The van der Waals surface area contributed by atoms with Gasteiger partial charge in [0.25, 0.3) is 0 Å². The Hall–Kier alpha value is -0.920. The zero-order chi connectivity index (χ0) is 13.8. The van der Waals surface area contributed by atoms with Gasteiger partial charge in [-0.25, -0.2) is 0 Å². The fourth-order valence-corrected chi connectivity index (χ4v) is 2.52. The van der Waals surface area contributed by atoms with Crippen LogP contribution in [-0.4, -0.2) is 16.2 Å². The van der Waals surface area contributed by atoms with Crippen LogP contribution in [0.1, 0.15) is 19.7 Å². The first-order chi connectivity index (χ1) is 9.04. The second-order valence-electron chi connectivity index (χ2n) is 4.29. The van der Waals surface area contributed by atoms with E-state index in [-0.39, 0.29) is 0 Å². The number of hydrogen-bond donors (Lipinski definition) is 2. The quantitative estimate of drug-likeness (QED) is 0.813. The molecule has 0 bridgehead atoms. The molecule has 0 unspecified atom stereocenters. The van der Waals surface area contributed by atoms with E-state index in [0.29, 0.717) is 24.5 Å². The molecule has 0 atom stereocenters. The predicted octanol–water partition coefficient (Wildman–Crippen LogP) is 3.84. The number of rotatable bonds is 5. The Labute approximate surface area is 128 Å². The minimum Gasteiger partial charge on any atom is -0.406 e. The van der Waals surface area contributed by atoms with Gasteiger partial charge in [0.2, 0.25) is 5.89 Å². The summed E-state index contributed by atoms with van der Waals surface area (Å²) in [6.45, 7) is 4.69. The average Bonchev–Trinajstić information content (AvgIpc) is 2.78. The van der Waals surface area contributed by atoms with Crippen molar-refractivity contribution in [1.29, 1.82) is 0 Å². The smallest absolute Gasteiger partial charge is 0.320 e. The molecular formula is C12H14Br2N4O. The molecule has 0 saturated carbocycles. The van der Waals surface area contributed by atoms with Crippen molar-refractivity contribution >= 4 is 43.6 Å². The Morgan fingerprint density at radius 2 is 2.05 bits per heavy atom. The molecule has 0 aliphatic heterocycles. The van der Waals surface area contributed by atoms with Crippen LogP contribution in [0.3, 0.4) is 0 Å². The third kappa shape index (κ3) is 4.29. The summed E-state index contributed by atoms with van der Waals surface area (Å²) in [5.41, 5.74) is 0.871. The van der Waals surface area contributed by atoms with Crippen LogP contribution in [0.2, 0.25) is 0 Å². The molecule has 0 aliphatic rings. The van der Waals surface area contributed by atoms with Crippen LogP contribution in [-0.2, 0) is 6.54 Å². The normalized spacial score (nSPS) is 11.0. The number of benzene rings is 1. The van der Waals surface area contributed by atoms with E-state index in [1.807, 2.05) is 18.2 Å². The van der Waals surface area contributed by atoms with Gasteiger partial charge in [-0.15, -0.1) is 5.10 Å². The van der Waals surface area contributed by atoms with Gasteiger partial charge in [-0.1, -0.05) is 34.9 Å². The molecule has 0 saturated heterocycles. The van der Waals surface area contributed by atoms with Crippen molar-refractivity contribution in [2.45, 2.75) is 26.4 Å². The molecular weight excluding hydrogens is 376 g/mol. The maximum atomic E-state index is 5.49. The van der Waals surface area contributed by atoms with E-state index in [1.165, 1.54) is 0 Å². The van der Waals surface area contributed by atoms with Crippen molar-refractivity contribution in [1.82, 2.24) is 15.5 Å². The molecule has 102 valence electrons. The van der Waals surface area contributed by atoms with Gasteiger partial charge in [-0.05, 0) is 34.1 Å². The molecule has 0 amide bonds. The number of nitrogens with zero attached hydrogens (tertiary/aromatic N) is 2. The van der Waals surface area contributed by atoms with Crippen LogP contribution in [0.4, 0.5) is 11.7 Å². The maximum absolute atomic E-state index is 5.49. The molecule has 0 spiro atoms. The van der Waals surface area contributed by atoms with Crippen LogP contribution in [0, 0.1) is 0 Å². The Morgan fingerprint density at radius 3 is 2.74 bits per heavy atom. The summed E-state index contributed by atoms with van der Waals surface area (Å²) in [7, 11) is 0. The Morgan fingerprint density at radius 1 is 1.26 bits per heavy atom. The van der Waals surface area contributed by atoms with Gasteiger partial charge in [0.15, 0.2) is 0 Å². The van der Waals surface area contributed by atoms with E-state index in [1.54, 1.807) is 0 Å². The van der Waals surface area contributed by atoms with Gasteiger partial charge in [-0.3, -0.25) is 0 Å². The van der Waals surface area contributed by atoms with Crippen molar-refractivity contribution < 1.29 is 4.42 Å². The number of hydrogen-bond acceptors (Lipinski definition) is 5. The Kier molecular flexibility index (Phi) is 4.95. The van der Waals surface area contributed by atoms with E-state index >= 15 is 0 Å². The number of halogens is 2. The Balaban J connectivity index is 2.03. The van der Waals surface area contributed by atoms with Crippen LogP contribution < -0.4 is 10.6 Å². The third-order valence-corrected chi connectivity index (χ3v) is 3.45. The molecule has 5 nitrogen and oxygen atoms in total. The summed E-state index contributed by atoms with van der Waals surface area (Å²) in [6.07, 6.45) is 0. The van der Waals surface area contributed by atoms with Crippen molar-refractivity contribution in [2.75, 3.05) is 5.32 Å². The summed E-state index contributed by atoms with van der Waals surface area (Å²) >= 11 is 6.87.